The number of ketones is 1. The van der Waals surface area contributed by atoms with Crippen LogP contribution < -0.4 is 16.0 Å². The second-order valence-corrected chi connectivity index (χ2v) is 16.0. The first kappa shape index (κ1) is 45.7. The molecular weight excluding hydrogens is 716 g/mol. The normalized spacial score (nSPS) is 13.6. The van der Waals surface area contributed by atoms with Crippen LogP contribution in [0.15, 0.2) is 102 Å². The molecule has 3 aromatic rings. The lowest BCUT2D eigenvalue weighted by molar-refractivity contribution is -0.115. The molecule has 8 nitrogen and oxygen atoms in total. The van der Waals surface area contributed by atoms with Crippen molar-refractivity contribution in [1.29, 1.82) is 0 Å². The van der Waals surface area contributed by atoms with Crippen molar-refractivity contribution in [3.05, 3.63) is 119 Å². The maximum atomic E-state index is 12.8. The number of benzene rings is 3. The predicted molar refractivity (Wildman–Crippen MR) is 211 cm³/mol. The van der Waals surface area contributed by atoms with Crippen LogP contribution in [0.2, 0.25) is 0 Å². The van der Waals surface area contributed by atoms with Crippen molar-refractivity contribution < 1.29 is 35.9 Å². The van der Waals surface area contributed by atoms with Crippen LogP contribution in [0.5, 0.6) is 0 Å². The molecule has 1 saturated carbocycles. The molecule has 0 aromatic heterocycles. The number of hydrogen-bond donors (Lipinski definition) is 3. The lowest BCUT2D eigenvalue weighted by Gasteiger charge is -2.20. The zero-order valence-electron chi connectivity index (χ0n) is 32.7. The molecule has 1 aliphatic carbocycles. The SMILES string of the molecule is C=C(/C=C(\Nc1cccc(CNC(=O)OC(C)(C)C)c1)C(=O)CCC)C(F)(F)F.CC.Cc1cccc(C(NCC2CC2)c2ccc(S(C)(=O)=O)cc2)c1. The van der Waals surface area contributed by atoms with Crippen molar-refractivity contribution in [2.75, 3.05) is 18.1 Å². The molecule has 1 amide bonds. The first-order valence-electron chi connectivity index (χ1n) is 18.2. The number of carbonyl (C=O) groups is 2. The van der Waals surface area contributed by atoms with E-state index in [0.29, 0.717) is 28.6 Å². The quantitative estimate of drug-likeness (QED) is 0.110. The molecule has 1 unspecified atom stereocenters. The summed E-state index contributed by atoms with van der Waals surface area (Å²) in [5.41, 5.74) is 2.71. The summed E-state index contributed by atoms with van der Waals surface area (Å²) in [7, 11) is -3.15. The lowest BCUT2D eigenvalue weighted by Crippen LogP contribution is -2.32. The van der Waals surface area contributed by atoms with E-state index in [-0.39, 0.29) is 24.7 Å². The lowest BCUT2D eigenvalue weighted by atomic mass is 9.97. The molecule has 54 heavy (non-hydrogen) atoms. The number of halogens is 3. The van der Waals surface area contributed by atoms with Gasteiger partial charge >= 0.3 is 12.3 Å². The van der Waals surface area contributed by atoms with E-state index in [1.807, 2.05) is 26.0 Å². The third kappa shape index (κ3) is 16.7. The summed E-state index contributed by atoms with van der Waals surface area (Å²) in [4.78, 5) is 24.3. The van der Waals surface area contributed by atoms with Crippen LogP contribution in [0, 0.1) is 12.8 Å². The number of hydrogen-bond acceptors (Lipinski definition) is 7. The van der Waals surface area contributed by atoms with Gasteiger partial charge in [0.05, 0.1) is 22.2 Å². The van der Waals surface area contributed by atoms with Gasteiger partial charge in [0.1, 0.15) is 5.60 Å². The number of aryl methyl sites for hydroxylation is 1. The third-order valence-corrected chi connectivity index (χ3v) is 8.95. The fraction of sp³-hybridized carbons (Fsp3) is 0.429. The van der Waals surface area contributed by atoms with Gasteiger partial charge in [-0.25, -0.2) is 13.2 Å². The second kappa shape index (κ2) is 20.9. The molecule has 0 aliphatic heterocycles. The Bertz CT molecular complexity index is 1830. The van der Waals surface area contributed by atoms with Gasteiger partial charge in [0.15, 0.2) is 15.6 Å². The molecule has 3 aromatic carbocycles. The number of anilines is 1. The number of carbonyl (C=O) groups excluding carboxylic acids is 2. The van der Waals surface area contributed by atoms with Crippen LogP contribution >= 0.6 is 0 Å². The summed E-state index contributed by atoms with van der Waals surface area (Å²) in [5.74, 6) is 0.341. The highest BCUT2D eigenvalue weighted by atomic mass is 32.2. The molecule has 1 aliphatic rings. The molecule has 296 valence electrons. The van der Waals surface area contributed by atoms with Gasteiger partial charge in [-0.05, 0) is 106 Å². The third-order valence-electron chi connectivity index (χ3n) is 7.83. The summed E-state index contributed by atoms with van der Waals surface area (Å²) in [5, 5.41) is 8.99. The highest BCUT2D eigenvalue weighted by Crippen LogP contribution is 2.31. The van der Waals surface area contributed by atoms with Gasteiger partial charge in [-0.15, -0.1) is 0 Å². The molecule has 1 atom stereocenters. The van der Waals surface area contributed by atoms with Crippen molar-refractivity contribution in [2.45, 2.75) is 103 Å². The van der Waals surface area contributed by atoms with E-state index in [2.05, 4.69) is 53.7 Å². The molecule has 3 N–H and O–H groups in total. The highest BCUT2D eigenvalue weighted by molar-refractivity contribution is 7.90. The Hall–Kier alpha value is -4.42. The van der Waals surface area contributed by atoms with Crippen molar-refractivity contribution in [3.8, 4) is 0 Å². The minimum absolute atomic E-state index is 0.101. The van der Waals surface area contributed by atoms with Crippen LogP contribution in [0.1, 0.15) is 95.5 Å². The Morgan fingerprint density at radius 2 is 1.59 bits per heavy atom. The summed E-state index contributed by atoms with van der Waals surface area (Å²) in [6.07, 6.45) is -0.0505. The topological polar surface area (TPSA) is 114 Å². The second-order valence-electron chi connectivity index (χ2n) is 14.0. The predicted octanol–water partition coefficient (Wildman–Crippen LogP) is 10.0. The smallest absolute Gasteiger partial charge is 0.415 e. The fourth-order valence-corrected chi connectivity index (χ4v) is 5.63. The standard InChI is InChI=1S/C21H27F3N2O3.C19H23NO2S.C2H6/c1-6-8-18(27)17(11-14(2)21(22,23)24)26-16-10-7-9-15(12-16)13-25-19(28)29-20(3,4)5;1-14-4-3-5-17(12-14)19(20-13-15-6-7-15)16-8-10-18(11-9-16)23(2,21)22;1-2/h7,9-12,26H,2,6,8,13H2,1,3-5H3,(H,25,28);3-5,8-12,15,19-20H,6-7,13H2,1-2H3;1-2H3/b17-11-;;. The minimum Gasteiger partial charge on any atom is -0.444 e. The van der Waals surface area contributed by atoms with E-state index in [1.165, 1.54) is 30.2 Å². The average Bonchev–Trinajstić information content (AvgIpc) is 3.92. The maximum absolute atomic E-state index is 12.8. The number of sulfone groups is 1. The molecule has 12 heteroatoms. The van der Waals surface area contributed by atoms with E-state index in [9.17, 15) is 31.2 Å². The molecule has 0 spiro atoms. The highest BCUT2D eigenvalue weighted by Gasteiger charge is 2.31. The molecule has 1 fully saturated rings. The van der Waals surface area contributed by atoms with Crippen molar-refractivity contribution in [1.82, 2.24) is 10.6 Å². The van der Waals surface area contributed by atoms with E-state index in [1.54, 1.807) is 64.1 Å². The van der Waals surface area contributed by atoms with Gasteiger partial charge in [-0.3, -0.25) is 4.79 Å². The monoisotopic (exact) mass is 771 g/mol. The number of Topliss-reactive ketones (excluding diaryl/α,β-unsaturated/α-hetero) is 1. The van der Waals surface area contributed by atoms with Gasteiger partial charge in [0.25, 0.3) is 0 Å². The number of nitrogens with one attached hydrogen (secondary N) is 3. The van der Waals surface area contributed by atoms with E-state index >= 15 is 0 Å². The molecule has 4 rings (SSSR count). The van der Waals surface area contributed by atoms with Crippen LogP contribution in [-0.2, 0) is 25.9 Å². The minimum atomic E-state index is -4.63. The fourth-order valence-electron chi connectivity index (χ4n) is 5.00. The van der Waals surface area contributed by atoms with Crippen molar-refractivity contribution in [2.24, 2.45) is 5.92 Å². The van der Waals surface area contributed by atoms with Gasteiger partial charge in [0, 0.05) is 24.9 Å². The largest absolute Gasteiger partial charge is 0.444 e. The number of amides is 1. The summed E-state index contributed by atoms with van der Waals surface area (Å²) in [6, 6.07) is 22.5. The van der Waals surface area contributed by atoms with E-state index in [0.717, 1.165) is 18.0 Å². The first-order valence-corrected chi connectivity index (χ1v) is 20.1. The molecular formula is C42H56F3N3O5S. The Labute approximate surface area is 319 Å². The van der Waals surface area contributed by atoms with Crippen LogP contribution in [0.25, 0.3) is 0 Å². The Morgan fingerprint density at radius 1 is 0.963 bits per heavy atom. The number of alkyl halides is 3. The Kier molecular flexibility index (Phi) is 17.7. The summed E-state index contributed by atoms with van der Waals surface area (Å²) < 4.78 is 66.9. The number of rotatable bonds is 14. The van der Waals surface area contributed by atoms with Gasteiger partial charge < -0.3 is 20.7 Å². The van der Waals surface area contributed by atoms with E-state index in [4.69, 9.17) is 4.74 Å². The van der Waals surface area contributed by atoms with Gasteiger partial charge in [0.2, 0.25) is 0 Å². The zero-order chi connectivity index (χ0) is 40.7. The van der Waals surface area contributed by atoms with Gasteiger partial charge in [-0.1, -0.05) is 81.4 Å². The number of allylic oxidation sites excluding steroid dienone is 3. The zero-order valence-corrected chi connectivity index (χ0v) is 33.5. The molecule has 0 bridgehead atoms. The summed E-state index contributed by atoms with van der Waals surface area (Å²) in [6.45, 7) is 17.2. The van der Waals surface area contributed by atoms with Crippen molar-refractivity contribution in [3.63, 3.8) is 0 Å². The van der Waals surface area contributed by atoms with Gasteiger partial charge in [-0.2, -0.15) is 13.2 Å². The number of ether oxygens (including phenoxy) is 1. The molecule has 0 radical (unpaired) electrons. The Balaban J connectivity index is 0.000000364. The van der Waals surface area contributed by atoms with Crippen LogP contribution in [0.3, 0.4) is 0 Å². The summed E-state index contributed by atoms with van der Waals surface area (Å²) >= 11 is 0. The number of alkyl carbamates (subject to hydrolysis) is 1. The van der Waals surface area contributed by atoms with E-state index < -0.39 is 39.1 Å². The maximum Gasteiger partial charge on any atom is 0.415 e. The molecule has 0 heterocycles. The van der Waals surface area contributed by atoms with Crippen LogP contribution in [0.4, 0.5) is 23.7 Å². The Morgan fingerprint density at radius 3 is 2.13 bits per heavy atom. The van der Waals surface area contributed by atoms with Crippen LogP contribution in [-0.4, -0.2) is 44.9 Å². The molecule has 0 saturated heterocycles. The first-order chi connectivity index (χ1) is 25.2. The van der Waals surface area contributed by atoms with Crippen molar-refractivity contribution >= 4 is 27.4 Å². The average molecular weight is 772 g/mol.